The summed E-state index contributed by atoms with van der Waals surface area (Å²) in [6.07, 6.45) is 6.28. The fourth-order valence-electron chi connectivity index (χ4n) is 6.13. The summed E-state index contributed by atoms with van der Waals surface area (Å²) in [6, 6.07) is 45.9. The van der Waals surface area contributed by atoms with Gasteiger partial charge >= 0.3 is 0 Å². The van der Waals surface area contributed by atoms with E-state index in [4.69, 9.17) is 14.4 Å². The minimum absolute atomic E-state index is 0.618. The van der Waals surface area contributed by atoms with Gasteiger partial charge in [0.25, 0.3) is 0 Å². The summed E-state index contributed by atoms with van der Waals surface area (Å²) in [5.74, 6) is 0.618. The van der Waals surface area contributed by atoms with E-state index in [1.165, 1.54) is 16.3 Å². The first kappa shape index (κ1) is 27.5. The third kappa shape index (κ3) is 4.98. The molecule has 0 N–H and O–H groups in total. The van der Waals surface area contributed by atoms with Crippen LogP contribution in [0, 0.1) is 0 Å². The Morgan fingerprint density at radius 2 is 1.39 bits per heavy atom. The molecule has 3 nitrogen and oxygen atoms in total. The van der Waals surface area contributed by atoms with Gasteiger partial charge in [-0.05, 0) is 76.4 Å². The van der Waals surface area contributed by atoms with Gasteiger partial charge in [-0.3, -0.25) is 0 Å². The van der Waals surface area contributed by atoms with E-state index in [-0.39, 0.29) is 0 Å². The monoisotopic (exact) mass is 590 g/mol. The molecule has 0 saturated heterocycles. The molecule has 0 aliphatic heterocycles. The van der Waals surface area contributed by atoms with Crippen LogP contribution in [-0.2, 0) is 0 Å². The first-order chi connectivity index (χ1) is 22.6. The Balaban J connectivity index is 1.12. The van der Waals surface area contributed by atoms with E-state index < -0.39 is 0 Å². The van der Waals surface area contributed by atoms with Crippen LogP contribution in [0.2, 0.25) is 0 Å². The summed E-state index contributed by atoms with van der Waals surface area (Å²) in [7, 11) is 0. The summed E-state index contributed by atoms with van der Waals surface area (Å²) >= 11 is 0. The number of nitrogens with zero attached hydrogens (tertiary/aromatic N) is 2. The highest BCUT2D eigenvalue weighted by molar-refractivity contribution is 6.20. The van der Waals surface area contributed by atoms with Crippen molar-refractivity contribution in [2.75, 3.05) is 0 Å². The molecule has 0 radical (unpaired) electrons. The van der Waals surface area contributed by atoms with Gasteiger partial charge < -0.3 is 4.42 Å². The summed E-state index contributed by atoms with van der Waals surface area (Å²) in [5.41, 5.74) is 9.92. The fraction of sp³-hybridized carbons (Fsp3) is 0.0233. The molecule has 8 rings (SSSR count). The Bertz CT molecular complexity index is 2480. The average molecular weight is 591 g/mol. The van der Waals surface area contributed by atoms with Crippen LogP contribution in [0.25, 0.3) is 77.4 Å². The van der Waals surface area contributed by atoms with Gasteiger partial charge in [-0.1, -0.05) is 122 Å². The highest BCUT2D eigenvalue weighted by Gasteiger charge is 2.17. The number of hydrogen-bond donors (Lipinski definition) is 0. The van der Waals surface area contributed by atoms with E-state index in [0.29, 0.717) is 5.89 Å². The number of para-hydroxylation sites is 1. The lowest BCUT2D eigenvalue weighted by Crippen LogP contribution is -1.91. The molecule has 0 amide bonds. The smallest absolute Gasteiger partial charge is 0.227 e. The third-order valence-electron chi connectivity index (χ3n) is 8.62. The number of allylic oxidation sites excluding steroid dienone is 5. The molecule has 0 saturated carbocycles. The molecule has 0 aliphatic rings. The zero-order chi connectivity index (χ0) is 31.0. The fourth-order valence-corrected chi connectivity index (χ4v) is 6.13. The lowest BCUT2D eigenvalue weighted by Gasteiger charge is -2.11. The number of rotatable bonds is 6. The molecule has 218 valence electrons. The lowest BCUT2D eigenvalue weighted by molar-refractivity contribution is 0.620. The van der Waals surface area contributed by atoms with Crippen molar-refractivity contribution in [3.8, 4) is 22.7 Å². The predicted octanol–water partition coefficient (Wildman–Crippen LogP) is 11.7. The van der Waals surface area contributed by atoms with Crippen molar-refractivity contribution < 1.29 is 4.42 Å². The molecule has 6 aromatic carbocycles. The molecule has 0 spiro atoms. The molecule has 2 aromatic heterocycles. The molecule has 0 atom stereocenters. The number of benzene rings is 6. The third-order valence-corrected chi connectivity index (χ3v) is 8.62. The number of hydrogen-bond acceptors (Lipinski definition) is 3. The van der Waals surface area contributed by atoms with E-state index in [1.807, 2.05) is 42.5 Å². The molecular formula is C43H30N2O. The quantitative estimate of drug-likeness (QED) is 0.143. The molecule has 2 heterocycles. The van der Waals surface area contributed by atoms with Crippen molar-refractivity contribution in [3.05, 3.63) is 169 Å². The Morgan fingerprint density at radius 1 is 0.652 bits per heavy atom. The number of fused-ring (bicyclic) bond motifs is 6. The van der Waals surface area contributed by atoms with E-state index in [2.05, 4.69) is 123 Å². The van der Waals surface area contributed by atoms with Crippen LogP contribution in [0.3, 0.4) is 0 Å². The van der Waals surface area contributed by atoms with E-state index >= 15 is 0 Å². The maximum atomic E-state index is 6.24. The maximum Gasteiger partial charge on any atom is 0.227 e. The Kier molecular flexibility index (Phi) is 6.85. The second kappa shape index (κ2) is 11.5. The van der Waals surface area contributed by atoms with E-state index in [9.17, 15) is 0 Å². The summed E-state index contributed by atoms with van der Waals surface area (Å²) in [4.78, 5) is 10.1. The summed E-state index contributed by atoms with van der Waals surface area (Å²) in [5, 5.41) is 5.62. The van der Waals surface area contributed by atoms with Crippen molar-refractivity contribution in [3.63, 3.8) is 0 Å². The van der Waals surface area contributed by atoms with Crippen molar-refractivity contribution in [2.45, 2.75) is 6.92 Å². The minimum atomic E-state index is 0.618. The van der Waals surface area contributed by atoms with Gasteiger partial charge in [0.05, 0.1) is 11.2 Å². The first-order valence-corrected chi connectivity index (χ1v) is 15.4. The Hall–Kier alpha value is -6.06. The highest BCUT2D eigenvalue weighted by atomic mass is 16.3. The van der Waals surface area contributed by atoms with Gasteiger partial charge in [-0.15, -0.1) is 0 Å². The van der Waals surface area contributed by atoms with Gasteiger partial charge in [0, 0.05) is 27.3 Å². The molecule has 0 aliphatic carbocycles. The topological polar surface area (TPSA) is 38.9 Å². The van der Waals surface area contributed by atoms with Crippen molar-refractivity contribution in [1.82, 2.24) is 9.97 Å². The zero-order valence-electron chi connectivity index (χ0n) is 25.4. The second-order valence-corrected chi connectivity index (χ2v) is 11.6. The van der Waals surface area contributed by atoms with E-state index in [1.54, 1.807) is 0 Å². The zero-order valence-corrected chi connectivity index (χ0v) is 25.4. The highest BCUT2D eigenvalue weighted by Crippen LogP contribution is 2.38. The minimum Gasteiger partial charge on any atom is -0.436 e. The Morgan fingerprint density at radius 3 is 2.24 bits per heavy atom. The van der Waals surface area contributed by atoms with Gasteiger partial charge in [0.2, 0.25) is 5.89 Å². The van der Waals surface area contributed by atoms with Crippen LogP contribution >= 0.6 is 0 Å². The maximum absolute atomic E-state index is 6.24. The summed E-state index contributed by atoms with van der Waals surface area (Å²) < 4.78 is 6.24. The van der Waals surface area contributed by atoms with Crippen LogP contribution in [0.1, 0.15) is 18.1 Å². The number of aromatic nitrogens is 2. The van der Waals surface area contributed by atoms with Crippen LogP contribution in [0.15, 0.2) is 163 Å². The lowest BCUT2D eigenvalue weighted by atomic mass is 9.97. The Labute approximate surface area is 267 Å². The van der Waals surface area contributed by atoms with Crippen molar-refractivity contribution in [2.24, 2.45) is 0 Å². The normalized spacial score (nSPS) is 12.2. The van der Waals surface area contributed by atoms with Crippen LogP contribution in [0.5, 0.6) is 0 Å². The van der Waals surface area contributed by atoms with Gasteiger partial charge in [0.1, 0.15) is 5.52 Å². The molecule has 46 heavy (non-hydrogen) atoms. The van der Waals surface area contributed by atoms with Gasteiger partial charge in [-0.25, -0.2) is 9.97 Å². The molecular weight excluding hydrogens is 560 g/mol. The summed E-state index contributed by atoms with van der Waals surface area (Å²) in [6.45, 7) is 6.43. The molecule has 0 bridgehead atoms. The van der Waals surface area contributed by atoms with Crippen LogP contribution in [0.4, 0.5) is 0 Å². The van der Waals surface area contributed by atoms with Crippen molar-refractivity contribution in [1.29, 1.82) is 0 Å². The molecule has 0 unspecified atom stereocenters. The molecule has 0 fully saturated rings. The van der Waals surface area contributed by atoms with Crippen LogP contribution < -0.4 is 0 Å². The second-order valence-electron chi connectivity index (χ2n) is 11.6. The number of pyridine rings is 1. The standard InChI is InChI=1S/C43H30N2O/c1-28(11-10-12-29(2)34-24-21-31-13-6-7-16-35(31)27-34)30-19-22-32(23-20-30)41-37-25-26-39-42(40(37)36-17-8-9-18-38(36)44-41)45-43(46-39)33-14-4-3-5-15-33/h3-27H,2H2,1H3/b12-10-,28-11+. The number of oxazole rings is 1. The average Bonchev–Trinajstić information content (AvgIpc) is 3.56. The largest absolute Gasteiger partial charge is 0.436 e. The molecule has 8 aromatic rings. The van der Waals surface area contributed by atoms with Crippen LogP contribution in [-0.4, -0.2) is 9.97 Å². The molecule has 3 heteroatoms. The van der Waals surface area contributed by atoms with Crippen molar-refractivity contribution >= 4 is 54.7 Å². The predicted molar refractivity (Wildman–Crippen MR) is 193 cm³/mol. The van der Waals surface area contributed by atoms with E-state index in [0.717, 1.165) is 66.3 Å². The first-order valence-electron chi connectivity index (χ1n) is 15.4. The SMILES string of the molecule is C=C(/C=C\C=C(/C)c1ccc(-c2nc3ccccc3c3c2ccc2oc(-c4ccccc4)nc23)cc1)c1ccc2ccccc2c1. The van der Waals surface area contributed by atoms with Gasteiger partial charge in [0.15, 0.2) is 5.58 Å². The van der Waals surface area contributed by atoms with Gasteiger partial charge in [-0.2, -0.15) is 0 Å².